The number of nitrogens with one attached hydrogen (secondary N) is 1. The lowest BCUT2D eigenvalue weighted by atomic mass is 10.1. The Labute approximate surface area is 127 Å². The number of carbonyl (C=O) groups is 1. The number of pyridine rings is 1. The monoisotopic (exact) mass is 302 g/mol. The second-order valence-corrected chi connectivity index (χ2v) is 5.65. The Morgan fingerprint density at radius 2 is 2.14 bits per heavy atom. The number of rotatable bonds is 4. The molecule has 21 heavy (non-hydrogen) atoms. The molecule has 5 heteroatoms. The van der Waals surface area contributed by atoms with E-state index in [1.54, 1.807) is 24.5 Å². The fourth-order valence-corrected chi connectivity index (χ4v) is 2.88. The van der Waals surface area contributed by atoms with Crippen LogP contribution in [0.1, 0.15) is 27.0 Å². The molecule has 0 fully saturated rings. The average Bonchev–Trinajstić information content (AvgIpc) is 2.88. The third-order valence-electron chi connectivity index (χ3n) is 3.82. The Balaban J connectivity index is 1.65. The van der Waals surface area contributed by atoms with Crippen molar-refractivity contribution in [1.29, 1.82) is 0 Å². The first-order valence-electron chi connectivity index (χ1n) is 6.80. The maximum absolute atomic E-state index is 11.0. The molecule has 0 spiro atoms. The molecule has 3 rings (SSSR count). The SMILES string of the molecule is O=C(O)c1ccc2c(c1)CC(NCc1ccncc1Cl)C2. The molecular weight excluding hydrogens is 288 g/mol. The van der Waals surface area contributed by atoms with Crippen LogP contribution >= 0.6 is 11.6 Å². The predicted molar refractivity (Wildman–Crippen MR) is 80.7 cm³/mol. The average molecular weight is 303 g/mol. The lowest BCUT2D eigenvalue weighted by Crippen LogP contribution is -2.29. The molecule has 0 bridgehead atoms. The van der Waals surface area contributed by atoms with E-state index in [9.17, 15) is 4.79 Å². The Morgan fingerprint density at radius 1 is 1.33 bits per heavy atom. The fraction of sp³-hybridized carbons (Fsp3) is 0.250. The Bertz CT molecular complexity index is 688. The molecule has 1 aliphatic rings. The van der Waals surface area contributed by atoms with Gasteiger partial charge in [-0.3, -0.25) is 4.98 Å². The first kappa shape index (κ1) is 14.0. The molecule has 0 saturated carbocycles. The molecule has 1 aromatic heterocycles. The standard InChI is InChI=1S/C16H15ClN2O2/c17-15-9-18-4-3-12(15)8-19-14-6-10-1-2-11(16(20)21)5-13(10)7-14/h1-5,9,14,19H,6-8H2,(H,20,21). The number of fused-ring (bicyclic) bond motifs is 1. The molecule has 0 radical (unpaired) electrons. The van der Waals surface area contributed by atoms with Crippen molar-refractivity contribution in [3.8, 4) is 0 Å². The molecule has 4 nitrogen and oxygen atoms in total. The van der Waals surface area contributed by atoms with Gasteiger partial charge in [-0.1, -0.05) is 17.7 Å². The number of carboxylic acids is 1. The third kappa shape index (κ3) is 3.06. The van der Waals surface area contributed by atoms with Gasteiger partial charge in [0.15, 0.2) is 0 Å². The van der Waals surface area contributed by atoms with Gasteiger partial charge in [-0.2, -0.15) is 0 Å². The summed E-state index contributed by atoms with van der Waals surface area (Å²) in [4.78, 5) is 15.0. The van der Waals surface area contributed by atoms with Gasteiger partial charge in [0.05, 0.1) is 10.6 Å². The number of aromatic carboxylic acids is 1. The molecule has 1 unspecified atom stereocenters. The van der Waals surface area contributed by atoms with Crippen molar-refractivity contribution in [3.05, 3.63) is 63.9 Å². The Morgan fingerprint density at radius 3 is 2.90 bits per heavy atom. The number of halogens is 1. The second-order valence-electron chi connectivity index (χ2n) is 5.24. The van der Waals surface area contributed by atoms with Crippen LogP contribution in [0.15, 0.2) is 36.7 Å². The van der Waals surface area contributed by atoms with Crippen LogP contribution in [0.3, 0.4) is 0 Å². The zero-order chi connectivity index (χ0) is 14.8. The van der Waals surface area contributed by atoms with E-state index in [2.05, 4.69) is 10.3 Å². The van der Waals surface area contributed by atoms with Crippen molar-refractivity contribution in [1.82, 2.24) is 10.3 Å². The summed E-state index contributed by atoms with van der Waals surface area (Å²) in [7, 11) is 0. The summed E-state index contributed by atoms with van der Waals surface area (Å²) >= 11 is 6.09. The fourth-order valence-electron chi connectivity index (χ4n) is 2.70. The molecule has 2 aromatic rings. The van der Waals surface area contributed by atoms with Crippen molar-refractivity contribution >= 4 is 17.6 Å². The molecular formula is C16H15ClN2O2. The number of benzene rings is 1. The largest absolute Gasteiger partial charge is 0.478 e. The van der Waals surface area contributed by atoms with E-state index in [4.69, 9.17) is 16.7 Å². The summed E-state index contributed by atoms with van der Waals surface area (Å²) in [5, 5.41) is 13.2. The van der Waals surface area contributed by atoms with E-state index >= 15 is 0 Å². The zero-order valence-electron chi connectivity index (χ0n) is 11.3. The van der Waals surface area contributed by atoms with E-state index in [1.807, 2.05) is 12.1 Å². The highest BCUT2D eigenvalue weighted by Gasteiger charge is 2.22. The van der Waals surface area contributed by atoms with Crippen LogP contribution in [0.25, 0.3) is 0 Å². The van der Waals surface area contributed by atoms with Gasteiger partial charge in [0, 0.05) is 25.0 Å². The summed E-state index contributed by atoms with van der Waals surface area (Å²) in [6.45, 7) is 0.686. The third-order valence-corrected chi connectivity index (χ3v) is 4.16. The van der Waals surface area contributed by atoms with Crippen LogP contribution in [-0.2, 0) is 19.4 Å². The summed E-state index contributed by atoms with van der Waals surface area (Å²) in [5.41, 5.74) is 3.71. The van der Waals surface area contributed by atoms with Gasteiger partial charge in [-0.15, -0.1) is 0 Å². The van der Waals surface area contributed by atoms with Crippen molar-refractivity contribution in [2.24, 2.45) is 0 Å². The number of carboxylic acid groups (broad SMARTS) is 1. The normalized spacial score (nSPS) is 16.7. The van der Waals surface area contributed by atoms with Gasteiger partial charge >= 0.3 is 5.97 Å². The molecule has 0 amide bonds. The number of aromatic nitrogens is 1. The summed E-state index contributed by atoms with van der Waals surface area (Å²) in [6.07, 6.45) is 5.13. The smallest absolute Gasteiger partial charge is 0.335 e. The van der Waals surface area contributed by atoms with Crippen LogP contribution in [0, 0.1) is 0 Å². The van der Waals surface area contributed by atoms with Crippen molar-refractivity contribution in [2.45, 2.75) is 25.4 Å². The van der Waals surface area contributed by atoms with Gasteiger partial charge in [0.2, 0.25) is 0 Å². The number of nitrogens with zero attached hydrogens (tertiary/aromatic N) is 1. The number of hydrogen-bond donors (Lipinski definition) is 2. The number of hydrogen-bond acceptors (Lipinski definition) is 3. The highest BCUT2D eigenvalue weighted by atomic mass is 35.5. The van der Waals surface area contributed by atoms with E-state index in [0.29, 0.717) is 23.2 Å². The molecule has 108 valence electrons. The summed E-state index contributed by atoms with van der Waals surface area (Å²) in [6, 6.07) is 7.58. The van der Waals surface area contributed by atoms with Gasteiger partial charge in [-0.05, 0) is 47.7 Å². The topological polar surface area (TPSA) is 62.2 Å². The van der Waals surface area contributed by atoms with Crippen molar-refractivity contribution < 1.29 is 9.90 Å². The van der Waals surface area contributed by atoms with Crippen LogP contribution in [0.2, 0.25) is 5.02 Å². The minimum atomic E-state index is -0.877. The van der Waals surface area contributed by atoms with E-state index in [1.165, 1.54) is 5.56 Å². The highest BCUT2D eigenvalue weighted by Crippen LogP contribution is 2.24. The molecule has 1 aromatic carbocycles. The van der Waals surface area contributed by atoms with Gasteiger partial charge in [-0.25, -0.2) is 4.79 Å². The van der Waals surface area contributed by atoms with Crippen LogP contribution in [-0.4, -0.2) is 22.1 Å². The molecule has 1 aliphatic carbocycles. The molecule has 0 saturated heterocycles. The first-order chi connectivity index (χ1) is 10.1. The van der Waals surface area contributed by atoms with Gasteiger partial charge < -0.3 is 10.4 Å². The van der Waals surface area contributed by atoms with E-state index in [0.717, 1.165) is 24.0 Å². The van der Waals surface area contributed by atoms with E-state index in [-0.39, 0.29) is 0 Å². The second kappa shape index (κ2) is 5.84. The molecule has 1 heterocycles. The summed E-state index contributed by atoms with van der Waals surface area (Å²) < 4.78 is 0. The predicted octanol–water partition coefficient (Wildman–Crippen LogP) is 2.69. The lowest BCUT2D eigenvalue weighted by molar-refractivity contribution is 0.0697. The molecule has 1 atom stereocenters. The highest BCUT2D eigenvalue weighted by molar-refractivity contribution is 6.31. The van der Waals surface area contributed by atoms with Crippen LogP contribution in [0.4, 0.5) is 0 Å². The minimum absolute atomic E-state index is 0.313. The van der Waals surface area contributed by atoms with Crippen LogP contribution in [0.5, 0.6) is 0 Å². The van der Waals surface area contributed by atoms with Gasteiger partial charge in [0.25, 0.3) is 0 Å². The molecule has 2 N–H and O–H groups in total. The quantitative estimate of drug-likeness (QED) is 0.911. The van der Waals surface area contributed by atoms with Crippen molar-refractivity contribution in [2.75, 3.05) is 0 Å². The van der Waals surface area contributed by atoms with Crippen molar-refractivity contribution in [3.63, 3.8) is 0 Å². The van der Waals surface area contributed by atoms with Gasteiger partial charge in [0.1, 0.15) is 0 Å². The first-order valence-corrected chi connectivity index (χ1v) is 7.18. The summed E-state index contributed by atoms with van der Waals surface area (Å²) in [5.74, 6) is -0.877. The maximum Gasteiger partial charge on any atom is 0.335 e. The zero-order valence-corrected chi connectivity index (χ0v) is 12.1. The molecule has 0 aliphatic heterocycles. The Kier molecular flexibility index (Phi) is 3.90. The van der Waals surface area contributed by atoms with E-state index < -0.39 is 5.97 Å². The Hall–Kier alpha value is -1.91. The lowest BCUT2D eigenvalue weighted by Gasteiger charge is -2.12. The maximum atomic E-state index is 11.0. The van der Waals surface area contributed by atoms with Crippen LogP contribution < -0.4 is 5.32 Å². The minimum Gasteiger partial charge on any atom is -0.478 e.